The van der Waals surface area contributed by atoms with Gasteiger partial charge in [0.05, 0.1) is 17.3 Å². The Hall–Kier alpha value is -3.78. The van der Waals surface area contributed by atoms with Crippen LogP contribution in [0.15, 0.2) is 66.7 Å². The van der Waals surface area contributed by atoms with Crippen molar-refractivity contribution in [2.45, 2.75) is 77.2 Å². The zero-order valence-corrected chi connectivity index (χ0v) is 23.6. The van der Waals surface area contributed by atoms with E-state index in [0.717, 1.165) is 16.7 Å². The lowest BCUT2D eigenvalue weighted by molar-refractivity contribution is -0.101. The first kappa shape index (κ1) is 28.2. The molecular formula is C31H38N4O4. The fraction of sp³-hybridized carbons (Fsp3) is 0.419. The molecule has 1 fully saturated rings. The maximum atomic E-state index is 13.3. The first-order valence-electron chi connectivity index (χ1n) is 13.3. The fourth-order valence-electron chi connectivity index (χ4n) is 5.02. The highest BCUT2D eigenvalue weighted by molar-refractivity contribution is 5.92. The van der Waals surface area contributed by atoms with Crippen LogP contribution in [-0.2, 0) is 10.3 Å². The third-order valence-electron chi connectivity index (χ3n) is 6.83. The second kappa shape index (κ2) is 10.8. The summed E-state index contributed by atoms with van der Waals surface area (Å²) in [5, 5.41) is 21.8. The van der Waals surface area contributed by atoms with Gasteiger partial charge in [-0.15, -0.1) is 10.2 Å². The number of rotatable bonds is 7. The van der Waals surface area contributed by atoms with Gasteiger partial charge in [-0.1, -0.05) is 54.6 Å². The first-order valence-corrected chi connectivity index (χ1v) is 13.3. The number of ether oxygens (including phenoxy) is 1. The molecule has 0 aliphatic carbocycles. The molecule has 0 spiro atoms. The van der Waals surface area contributed by atoms with Crippen LogP contribution in [0.3, 0.4) is 0 Å². The van der Waals surface area contributed by atoms with Crippen molar-refractivity contribution in [2.75, 3.05) is 6.54 Å². The van der Waals surface area contributed by atoms with Crippen molar-refractivity contribution in [1.29, 1.82) is 0 Å². The summed E-state index contributed by atoms with van der Waals surface area (Å²) in [6.45, 7) is 11.7. The Balaban J connectivity index is 1.47. The van der Waals surface area contributed by atoms with E-state index >= 15 is 0 Å². The highest BCUT2D eigenvalue weighted by atomic mass is 16.6. The van der Waals surface area contributed by atoms with Crippen LogP contribution in [0, 0.1) is 0 Å². The molecule has 8 nitrogen and oxygen atoms in total. The van der Waals surface area contributed by atoms with Gasteiger partial charge in [0.25, 0.3) is 5.91 Å². The molecule has 1 aromatic heterocycles. The molecule has 0 radical (unpaired) electrons. The summed E-state index contributed by atoms with van der Waals surface area (Å²) in [4.78, 5) is 27.4. The van der Waals surface area contributed by atoms with Crippen molar-refractivity contribution in [3.05, 3.63) is 83.6 Å². The molecular weight excluding hydrogens is 492 g/mol. The van der Waals surface area contributed by atoms with Crippen LogP contribution in [0.25, 0.3) is 11.3 Å². The van der Waals surface area contributed by atoms with Crippen LogP contribution in [-0.4, -0.2) is 49.9 Å². The van der Waals surface area contributed by atoms with Crippen molar-refractivity contribution < 1.29 is 19.4 Å². The molecule has 8 heteroatoms. The number of carbonyl (C=O) groups is 2. The molecule has 1 aliphatic heterocycles. The van der Waals surface area contributed by atoms with Crippen LogP contribution in [0.4, 0.5) is 4.79 Å². The maximum absolute atomic E-state index is 13.3. The lowest BCUT2D eigenvalue weighted by Crippen LogP contribution is -2.51. The summed E-state index contributed by atoms with van der Waals surface area (Å²) in [7, 11) is 0. The smallest absolute Gasteiger partial charge is 0.411 e. The monoisotopic (exact) mass is 530 g/mol. The Labute approximate surface area is 230 Å². The van der Waals surface area contributed by atoms with E-state index in [4.69, 9.17) is 4.74 Å². The number of hydrogen-bond donors (Lipinski definition) is 2. The minimum Gasteiger partial charge on any atom is -0.438 e. The molecule has 2 amide bonds. The largest absolute Gasteiger partial charge is 0.438 e. The van der Waals surface area contributed by atoms with Gasteiger partial charge in [0.15, 0.2) is 5.69 Å². The minimum absolute atomic E-state index is 0.211. The number of nitrogens with one attached hydrogen (secondary N) is 1. The highest BCUT2D eigenvalue weighted by Crippen LogP contribution is 2.42. The normalized spacial score (nSPS) is 18.8. The molecule has 2 aromatic carbocycles. The maximum Gasteiger partial charge on any atom is 0.411 e. The van der Waals surface area contributed by atoms with Crippen LogP contribution < -0.4 is 5.32 Å². The van der Waals surface area contributed by atoms with Gasteiger partial charge in [0, 0.05) is 30.5 Å². The molecule has 2 N–H and O–H groups in total. The third-order valence-corrected chi connectivity index (χ3v) is 6.83. The summed E-state index contributed by atoms with van der Waals surface area (Å²) in [6.07, 6.45) is 0.477. The number of benzene rings is 2. The summed E-state index contributed by atoms with van der Waals surface area (Å²) in [6, 6.07) is 20.7. The average molecular weight is 531 g/mol. The SMILES string of the molecule is C[C@@H](c1ccc(-c2ccc(C(=O)NC(C)(C)C)nn2)cc1)N1CCC(CC(C)(C)O)(c2ccccc2)OC1=O. The van der Waals surface area contributed by atoms with E-state index in [2.05, 4.69) is 15.5 Å². The van der Waals surface area contributed by atoms with Gasteiger partial charge in [0.2, 0.25) is 0 Å². The van der Waals surface area contributed by atoms with Crippen molar-refractivity contribution in [2.24, 2.45) is 0 Å². The lowest BCUT2D eigenvalue weighted by Gasteiger charge is -2.45. The van der Waals surface area contributed by atoms with E-state index in [1.165, 1.54) is 0 Å². The summed E-state index contributed by atoms with van der Waals surface area (Å²) < 4.78 is 6.12. The van der Waals surface area contributed by atoms with Gasteiger partial charge in [-0.2, -0.15) is 0 Å². The molecule has 1 aliphatic rings. The Kier molecular flexibility index (Phi) is 7.80. The molecule has 206 valence electrons. The Morgan fingerprint density at radius 2 is 1.69 bits per heavy atom. The fourth-order valence-corrected chi connectivity index (χ4v) is 5.02. The molecule has 4 rings (SSSR count). The Bertz CT molecular complexity index is 1300. The predicted molar refractivity (Wildman–Crippen MR) is 150 cm³/mol. The zero-order valence-electron chi connectivity index (χ0n) is 23.6. The second-order valence-electron chi connectivity index (χ2n) is 12.0. The second-order valence-corrected chi connectivity index (χ2v) is 12.0. The number of cyclic esters (lactones) is 1. The van der Waals surface area contributed by atoms with Crippen LogP contribution in [0.1, 0.15) is 82.0 Å². The van der Waals surface area contributed by atoms with E-state index in [1.54, 1.807) is 30.9 Å². The minimum atomic E-state index is -1.00. The molecule has 2 heterocycles. The van der Waals surface area contributed by atoms with E-state index in [0.29, 0.717) is 25.1 Å². The summed E-state index contributed by atoms with van der Waals surface area (Å²) >= 11 is 0. The Morgan fingerprint density at radius 3 is 2.23 bits per heavy atom. The van der Waals surface area contributed by atoms with Crippen molar-refractivity contribution >= 4 is 12.0 Å². The van der Waals surface area contributed by atoms with Crippen LogP contribution >= 0.6 is 0 Å². The number of aromatic nitrogens is 2. The number of hydrogen-bond acceptors (Lipinski definition) is 6. The number of carbonyl (C=O) groups excluding carboxylic acids is 2. The van der Waals surface area contributed by atoms with Gasteiger partial charge >= 0.3 is 6.09 Å². The van der Waals surface area contributed by atoms with Crippen molar-refractivity contribution in [3.63, 3.8) is 0 Å². The van der Waals surface area contributed by atoms with E-state index in [-0.39, 0.29) is 23.2 Å². The van der Waals surface area contributed by atoms with Crippen molar-refractivity contribution in [3.8, 4) is 11.3 Å². The lowest BCUT2D eigenvalue weighted by atomic mass is 9.80. The molecule has 1 saturated heterocycles. The average Bonchev–Trinajstić information content (AvgIpc) is 2.87. The molecule has 3 aromatic rings. The van der Waals surface area contributed by atoms with Gasteiger partial charge in [-0.05, 0) is 64.8 Å². The van der Waals surface area contributed by atoms with Gasteiger partial charge in [-0.3, -0.25) is 4.79 Å². The van der Waals surface area contributed by atoms with E-state index in [9.17, 15) is 14.7 Å². The van der Waals surface area contributed by atoms with Gasteiger partial charge in [0.1, 0.15) is 5.60 Å². The topological polar surface area (TPSA) is 105 Å². The molecule has 39 heavy (non-hydrogen) atoms. The van der Waals surface area contributed by atoms with Gasteiger partial charge in [-0.25, -0.2) is 4.79 Å². The van der Waals surface area contributed by atoms with E-state index in [1.807, 2.05) is 82.3 Å². The predicted octanol–water partition coefficient (Wildman–Crippen LogP) is 5.63. The standard InChI is InChI=1S/C31H38N4O4/c1-21(35-19-18-31(39-28(35)37,20-30(5,6)38)24-10-8-7-9-11-24)22-12-14-23(15-13-22)25-16-17-26(34-33-25)27(36)32-29(2,3)4/h7-17,21,38H,18-20H2,1-6H3,(H,32,36)/t21-,31?/m0/s1. The quantitative estimate of drug-likeness (QED) is 0.410. The zero-order chi connectivity index (χ0) is 28.4. The summed E-state index contributed by atoms with van der Waals surface area (Å²) in [5.41, 5.74) is 1.37. The van der Waals surface area contributed by atoms with E-state index < -0.39 is 17.3 Å². The molecule has 0 bridgehead atoms. The van der Waals surface area contributed by atoms with Crippen molar-refractivity contribution in [1.82, 2.24) is 20.4 Å². The molecule has 1 unspecified atom stereocenters. The van der Waals surface area contributed by atoms with Gasteiger partial charge < -0.3 is 20.1 Å². The molecule has 2 atom stereocenters. The number of amides is 2. The molecule has 0 saturated carbocycles. The number of nitrogens with zero attached hydrogens (tertiary/aromatic N) is 3. The third kappa shape index (κ3) is 6.81. The first-order chi connectivity index (χ1) is 18.3. The van der Waals surface area contributed by atoms with Crippen LogP contribution in [0.5, 0.6) is 0 Å². The summed E-state index contributed by atoms with van der Waals surface area (Å²) in [5.74, 6) is -0.266. The number of aliphatic hydroxyl groups is 1. The highest BCUT2D eigenvalue weighted by Gasteiger charge is 2.46. The van der Waals surface area contributed by atoms with Crippen LogP contribution in [0.2, 0.25) is 0 Å². The Morgan fingerprint density at radius 1 is 1.03 bits per heavy atom.